The van der Waals surface area contributed by atoms with E-state index in [2.05, 4.69) is 24.5 Å². The minimum Gasteiger partial charge on any atom is -0.379 e. The van der Waals surface area contributed by atoms with E-state index in [4.69, 9.17) is 21.1 Å². The van der Waals surface area contributed by atoms with Gasteiger partial charge < -0.3 is 25.0 Å². The number of amides is 3. The first-order chi connectivity index (χ1) is 18.6. The largest absolute Gasteiger partial charge is 0.379 e. The van der Waals surface area contributed by atoms with E-state index in [1.807, 2.05) is 26.0 Å². The highest BCUT2D eigenvalue weighted by Gasteiger charge is 2.72. The molecular weight excluding hydrogens is 518 g/mol. The van der Waals surface area contributed by atoms with Gasteiger partial charge in [-0.3, -0.25) is 14.4 Å². The summed E-state index contributed by atoms with van der Waals surface area (Å²) in [4.78, 5) is 43.2. The van der Waals surface area contributed by atoms with Gasteiger partial charge in [0, 0.05) is 29.9 Å². The molecule has 2 N–H and O–H groups in total. The van der Waals surface area contributed by atoms with E-state index in [0.29, 0.717) is 42.1 Å². The lowest BCUT2D eigenvalue weighted by atomic mass is 9.73. The molecule has 0 unspecified atom stereocenters. The van der Waals surface area contributed by atoms with Crippen molar-refractivity contribution in [2.45, 2.75) is 83.3 Å². The molecule has 8 atom stereocenters. The smallest absolute Gasteiger partial charge is 0.246 e. The van der Waals surface area contributed by atoms with Crippen LogP contribution in [0.5, 0.6) is 0 Å². The van der Waals surface area contributed by atoms with Gasteiger partial charge in [0.1, 0.15) is 11.6 Å². The van der Waals surface area contributed by atoms with Gasteiger partial charge in [-0.15, -0.1) is 0 Å². The number of ether oxygens (including phenoxy) is 2. The monoisotopic (exact) mass is 557 g/mol. The summed E-state index contributed by atoms with van der Waals surface area (Å²) in [7, 11) is 0. The maximum absolute atomic E-state index is 14.0. The van der Waals surface area contributed by atoms with Gasteiger partial charge in [0.05, 0.1) is 24.0 Å². The summed E-state index contributed by atoms with van der Waals surface area (Å²) in [5, 5.41) is 6.78. The average molecular weight is 558 g/mol. The molecule has 8 nitrogen and oxygen atoms in total. The van der Waals surface area contributed by atoms with Gasteiger partial charge >= 0.3 is 0 Å². The van der Waals surface area contributed by atoms with Crippen LogP contribution in [0, 0.1) is 23.7 Å². The number of hydrogen-bond donors (Lipinski definition) is 2. The molecule has 2 saturated heterocycles. The zero-order valence-corrected chi connectivity index (χ0v) is 23.9. The molecule has 39 heavy (non-hydrogen) atoms. The number of rotatable bonds is 9. The van der Waals surface area contributed by atoms with Gasteiger partial charge in [-0.25, -0.2) is 0 Å². The molecular formula is C30H40ClN3O5. The lowest BCUT2D eigenvalue weighted by Gasteiger charge is -2.38. The summed E-state index contributed by atoms with van der Waals surface area (Å²) in [6.07, 6.45) is 6.93. The summed E-state index contributed by atoms with van der Waals surface area (Å²) in [6, 6.07) is 6.05. The number of carbonyl (C=O) groups is 3. The van der Waals surface area contributed by atoms with Gasteiger partial charge in [0.15, 0.2) is 0 Å². The number of carbonyl (C=O) groups excluding carboxylic acids is 3. The Morgan fingerprint density at radius 3 is 2.64 bits per heavy atom. The lowest BCUT2D eigenvalue weighted by Crippen LogP contribution is -2.58. The van der Waals surface area contributed by atoms with Crippen LogP contribution in [-0.2, 0) is 23.9 Å². The molecule has 3 aliphatic heterocycles. The fourth-order valence-corrected chi connectivity index (χ4v) is 6.99. The highest BCUT2D eigenvalue weighted by Crippen LogP contribution is 2.55. The number of nitrogens with zero attached hydrogens (tertiary/aromatic N) is 1. The average Bonchev–Trinajstić information content (AvgIpc) is 3.53. The predicted octanol–water partition coefficient (Wildman–Crippen LogP) is 4.19. The molecule has 1 spiro atoms. The Morgan fingerprint density at radius 2 is 1.92 bits per heavy atom. The number of likely N-dealkylation sites (tertiary alicyclic amines) is 1. The maximum atomic E-state index is 14.0. The van der Waals surface area contributed by atoms with E-state index < -0.39 is 29.6 Å². The van der Waals surface area contributed by atoms with Crippen molar-refractivity contribution >= 4 is 35.0 Å². The molecule has 1 aliphatic carbocycles. The van der Waals surface area contributed by atoms with Gasteiger partial charge in [-0.2, -0.15) is 0 Å². The van der Waals surface area contributed by atoms with Crippen molar-refractivity contribution in [2.75, 3.05) is 18.5 Å². The number of hydrogen-bond acceptors (Lipinski definition) is 5. The zero-order valence-electron chi connectivity index (χ0n) is 23.2. The molecule has 2 bridgehead atoms. The van der Waals surface area contributed by atoms with Crippen molar-refractivity contribution in [3.05, 3.63) is 41.4 Å². The molecule has 0 aromatic heterocycles. The summed E-state index contributed by atoms with van der Waals surface area (Å²) < 4.78 is 12.2. The van der Waals surface area contributed by atoms with Crippen LogP contribution in [0.25, 0.3) is 0 Å². The molecule has 1 aromatic carbocycles. The molecule has 9 heteroatoms. The van der Waals surface area contributed by atoms with Crippen molar-refractivity contribution in [2.24, 2.45) is 23.7 Å². The Kier molecular flexibility index (Phi) is 8.09. The Balaban J connectivity index is 1.40. The van der Waals surface area contributed by atoms with Gasteiger partial charge in [-0.05, 0) is 62.8 Å². The van der Waals surface area contributed by atoms with Gasteiger partial charge in [-0.1, -0.05) is 50.4 Å². The number of nitrogens with one attached hydrogen (secondary N) is 2. The van der Waals surface area contributed by atoms with Crippen molar-refractivity contribution in [1.29, 1.82) is 0 Å². The minimum atomic E-state index is -1.17. The Hall–Kier alpha value is -2.42. The SMILES string of the molecule is CC(C)OCCCN1C(=O)[C@H]2[C@H](C(=O)Nc3ccc(Cl)cc3)[C@H]3C=C[C@@]2(O3)[C@@H]1C(=O)N[C@@H]1CCC[C@H](C)[C@H]1C. The second-order valence-electron chi connectivity index (χ2n) is 11.9. The molecule has 5 rings (SSSR count). The first kappa shape index (κ1) is 28.1. The molecule has 3 fully saturated rings. The Labute approximate surface area is 235 Å². The van der Waals surface area contributed by atoms with Gasteiger partial charge in [0.2, 0.25) is 17.7 Å². The highest BCUT2D eigenvalue weighted by molar-refractivity contribution is 6.30. The standard InChI is InChI=1S/C30H40ClN3O5/c1-17(2)38-16-6-15-34-26(28(36)33-22-8-5-7-18(3)19(22)4)30-14-13-23(39-30)24(25(30)29(34)37)27(35)32-21-11-9-20(31)10-12-21/h9-14,17-19,22-26H,5-8,15-16H2,1-4H3,(H,32,35)(H,33,36)/t18-,19+,22+,23+,24+,25+,26-,30-/m0/s1. The third-order valence-corrected chi connectivity index (χ3v) is 9.32. The lowest BCUT2D eigenvalue weighted by molar-refractivity contribution is -0.142. The Morgan fingerprint density at radius 1 is 1.18 bits per heavy atom. The molecule has 0 radical (unpaired) electrons. The third-order valence-electron chi connectivity index (χ3n) is 9.07. The first-order valence-corrected chi connectivity index (χ1v) is 14.7. The molecule has 1 aromatic rings. The Bertz CT molecular complexity index is 1120. The van der Waals surface area contributed by atoms with Crippen molar-refractivity contribution in [1.82, 2.24) is 10.2 Å². The van der Waals surface area contributed by atoms with Crippen LogP contribution in [0.1, 0.15) is 53.4 Å². The van der Waals surface area contributed by atoms with E-state index in [1.165, 1.54) is 0 Å². The summed E-state index contributed by atoms with van der Waals surface area (Å²) in [5.41, 5.74) is -0.580. The minimum absolute atomic E-state index is 0.0458. The van der Waals surface area contributed by atoms with Crippen LogP contribution in [0.4, 0.5) is 5.69 Å². The van der Waals surface area contributed by atoms with E-state index in [1.54, 1.807) is 29.2 Å². The number of fused-ring (bicyclic) bond motifs is 1. The van der Waals surface area contributed by atoms with Crippen molar-refractivity contribution in [3.8, 4) is 0 Å². The maximum Gasteiger partial charge on any atom is 0.246 e. The second kappa shape index (κ2) is 11.2. The summed E-state index contributed by atoms with van der Waals surface area (Å²) in [6.45, 7) is 9.18. The molecule has 212 valence electrons. The van der Waals surface area contributed by atoms with E-state index >= 15 is 0 Å². The molecule has 4 aliphatic rings. The molecule has 1 saturated carbocycles. The quantitative estimate of drug-likeness (QED) is 0.351. The van der Waals surface area contributed by atoms with Gasteiger partial charge in [0.25, 0.3) is 0 Å². The molecule has 3 heterocycles. The fourth-order valence-electron chi connectivity index (χ4n) is 6.87. The van der Waals surface area contributed by atoms with Crippen LogP contribution >= 0.6 is 11.6 Å². The van der Waals surface area contributed by atoms with Crippen molar-refractivity contribution in [3.63, 3.8) is 0 Å². The first-order valence-electron chi connectivity index (χ1n) is 14.3. The second-order valence-corrected chi connectivity index (χ2v) is 12.3. The fraction of sp³-hybridized carbons (Fsp3) is 0.633. The van der Waals surface area contributed by atoms with Crippen LogP contribution < -0.4 is 10.6 Å². The highest BCUT2D eigenvalue weighted by atomic mass is 35.5. The van der Waals surface area contributed by atoms with Crippen molar-refractivity contribution < 1.29 is 23.9 Å². The number of benzene rings is 1. The number of halogens is 1. The summed E-state index contributed by atoms with van der Waals surface area (Å²) in [5.74, 6) is -1.37. The molecule has 3 amide bonds. The van der Waals surface area contributed by atoms with Crippen LogP contribution in [-0.4, -0.2) is 65.7 Å². The summed E-state index contributed by atoms with van der Waals surface area (Å²) >= 11 is 6.00. The van der Waals surface area contributed by atoms with E-state index in [0.717, 1.165) is 19.3 Å². The third kappa shape index (κ3) is 5.23. The predicted molar refractivity (Wildman–Crippen MR) is 149 cm³/mol. The van der Waals surface area contributed by atoms with Crippen LogP contribution in [0.2, 0.25) is 5.02 Å². The number of anilines is 1. The normalized spacial score (nSPS) is 35.0. The van der Waals surface area contributed by atoms with E-state index in [-0.39, 0.29) is 29.9 Å². The van der Waals surface area contributed by atoms with Crippen LogP contribution in [0.15, 0.2) is 36.4 Å². The zero-order chi connectivity index (χ0) is 27.9. The van der Waals surface area contributed by atoms with E-state index in [9.17, 15) is 14.4 Å². The topological polar surface area (TPSA) is 97.0 Å². The van der Waals surface area contributed by atoms with Crippen LogP contribution in [0.3, 0.4) is 0 Å².